The number of carbonyl (C=O) groups is 1. The van der Waals surface area contributed by atoms with Gasteiger partial charge in [-0.05, 0) is 49.4 Å². The SMILES string of the molecule is COC[C@@H]1CN(CC2CC2)C[C@]12CCN(C(=O)c1ccc(OC)cc1)C2. The van der Waals surface area contributed by atoms with Gasteiger partial charge in [-0.1, -0.05) is 0 Å². The van der Waals surface area contributed by atoms with Crippen molar-refractivity contribution in [3.05, 3.63) is 29.8 Å². The van der Waals surface area contributed by atoms with E-state index in [1.807, 2.05) is 29.2 Å². The van der Waals surface area contributed by atoms with Crippen molar-refractivity contribution in [3.63, 3.8) is 0 Å². The molecule has 0 aromatic heterocycles. The Morgan fingerprint density at radius 2 is 1.96 bits per heavy atom. The van der Waals surface area contributed by atoms with E-state index in [-0.39, 0.29) is 11.3 Å². The number of likely N-dealkylation sites (tertiary alicyclic amines) is 2. The maximum absolute atomic E-state index is 13.0. The van der Waals surface area contributed by atoms with Crippen LogP contribution in [-0.2, 0) is 4.74 Å². The maximum atomic E-state index is 13.0. The summed E-state index contributed by atoms with van der Waals surface area (Å²) >= 11 is 0. The molecule has 3 aliphatic rings. The van der Waals surface area contributed by atoms with Crippen molar-refractivity contribution in [2.45, 2.75) is 19.3 Å². The Kier molecular flexibility index (Phi) is 4.93. The number of nitrogens with zero attached hydrogens (tertiary/aromatic N) is 2. The summed E-state index contributed by atoms with van der Waals surface area (Å²) in [5.41, 5.74) is 0.950. The van der Waals surface area contributed by atoms with E-state index in [1.165, 1.54) is 19.4 Å². The average molecular weight is 358 g/mol. The van der Waals surface area contributed by atoms with Gasteiger partial charge in [-0.3, -0.25) is 4.79 Å². The summed E-state index contributed by atoms with van der Waals surface area (Å²) in [5.74, 6) is 2.36. The minimum absolute atomic E-state index is 0.140. The Morgan fingerprint density at radius 1 is 1.19 bits per heavy atom. The highest BCUT2D eigenvalue weighted by molar-refractivity contribution is 5.94. The first-order valence-electron chi connectivity index (χ1n) is 9.78. The van der Waals surface area contributed by atoms with E-state index in [0.717, 1.165) is 56.4 Å². The number of amides is 1. The second kappa shape index (κ2) is 7.20. The standard InChI is InChI=1S/C21H30N2O3/c1-25-13-18-12-22(11-16-3-4-16)14-21(18)9-10-23(15-21)20(24)17-5-7-19(26-2)8-6-17/h5-8,16,18H,3-4,9-15H2,1-2H3/t18-,21-/m0/s1. The molecular weight excluding hydrogens is 328 g/mol. The van der Waals surface area contributed by atoms with Gasteiger partial charge in [0, 0.05) is 56.7 Å². The molecule has 5 heteroatoms. The van der Waals surface area contributed by atoms with Gasteiger partial charge in [0.1, 0.15) is 5.75 Å². The van der Waals surface area contributed by atoms with Gasteiger partial charge in [-0.2, -0.15) is 0 Å². The van der Waals surface area contributed by atoms with Crippen LogP contribution in [0.15, 0.2) is 24.3 Å². The van der Waals surface area contributed by atoms with Crippen molar-refractivity contribution in [1.82, 2.24) is 9.80 Å². The minimum Gasteiger partial charge on any atom is -0.497 e. The number of hydrogen-bond acceptors (Lipinski definition) is 4. The fraction of sp³-hybridized carbons (Fsp3) is 0.667. The number of ether oxygens (including phenoxy) is 2. The Balaban J connectivity index is 1.45. The van der Waals surface area contributed by atoms with E-state index in [1.54, 1.807) is 14.2 Å². The van der Waals surface area contributed by atoms with Crippen LogP contribution in [0, 0.1) is 17.3 Å². The summed E-state index contributed by atoms with van der Waals surface area (Å²) in [6, 6.07) is 7.46. The van der Waals surface area contributed by atoms with E-state index in [4.69, 9.17) is 9.47 Å². The number of methoxy groups -OCH3 is 2. The van der Waals surface area contributed by atoms with Gasteiger partial charge in [0.25, 0.3) is 5.91 Å². The summed E-state index contributed by atoms with van der Waals surface area (Å²) in [6.45, 7) is 5.97. The Morgan fingerprint density at radius 3 is 2.62 bits per heavy atom. The van der Waals surface area contributed by atoms with Crippen LogP contribution in [0.5, 0.6) is 5.75 Å². The molecule has 3 fully saturated rings. The van der Waals surface area contributed by atoms with Crippen LogP contribution in [0.3, 0.4) is 0 Å². The van der Waals surface area contributed by atoms with Crippen LogP contribution < -0.4 is 4.74 Å². The monoisotopic (exact) mass is 358 g/mol. The molecule has 26 heavy (non-hydrogen) atoms. The lowest BCUT2D eigenvalue weighted by atomic mass is 9.77. The molecule has 1 aliphatic carbocycles. The molecule has 0 unspecified atom stereocenters. The molecule has 0 bridgehead atoms. The Labute approximate surface area is 156 Å². The van der Waals surface area contributed by atoms with Gasteiger partial charge in [-0.25, -0.2) is 0 Å². The van der Waals surface area contributed by atoms with E-state index in [9.17, 15) is 4.79 Å². The van der Waals surface area contributed by atoms with Crippen LogP contribution in [0.1, 0.15) is 29.6 Å². The van der Waals surface area contributed by atoms with Gasteiger partial charge < -0.3 is 19.3 Å². The third-order valence-corrected chi connectivity index (χ3v) is 6.47. The first kappa shape index (κ1) is 17.8. The van der Waals surface area contributed by atoms with Crippen LogP contribution in [0.4, 0.5) is 0 Å². The van der Waals surface area contributed by atoms with Gasteiger partial charge in [0.05, 0.1) is 13.7 Å². The Hall–Kier alpha value is -1.59. The molecule has 1 amide bonds. The fourth-order valence-corrected chi connectivity index (χ4v) is 4.83. The second-order valence-electron chi connectivity index (χ2n) is 8.36. The quantitative estimate of drug-likeness (QED) is 0.784. The summed E-state index contributed by atoms with van der Waals surface area (Å²) < 4.78 is 10.7. The van der Waals surface area contributed by atoms with E-state index in [2.05, 4.69) is 4.90 Å². The molecule has 2 saturated heterocycles. The highest BCUT2D eigenvalue weighted by atomic mass is 16.5. The lowest BCUT2D eigenvalue weighted by Gasteiger charge is -2.30. The fourth-order valence-electron chi connectivity index (χ4n) is 4.83. The summed E-state index contributed by atoms with van der Waals surface area (Å²) in [5, 5.41) is 0. The van der Waals surface area contributed by atoms with Gasteiger partial charge in [0.2, 0.25) is 0 Å². The van der Waals surface area contributed by atoms with Crippen LogP contribution in [0.2, 0.25) is 0 Å². The topological polar surface area (TPSA) is 42.0 Å². The molecular formula is C21H30N2O3. The van der Waals surface area contributed by atoms with Gasteiger partial charge in [0.15, 0.2) is 0 Å². The van der Waals surface area contributed by atoms with Crippen LogP contribution >= 0.6 is 0 Å². The summed E-state index contributed by atoms with van der Waals surface area (Å²) in [7, 11) is 3.44. The largest absolute Gasteiger partial charge is 0.497 e. The first-order valence-corrected chi connectivity index (χ1v) is 9.78. The maximum Gasteiger partial charge on any atom is 0.253 e. The van der Waals surface area contributed by atoms with E-state index >= 15 is 0 Å². The highest BCUT2D eigenvalue weighted by Gasteiger charge is 2.51. The van der Waals surface area contributed by atoms with Crippen molar-refractivity contribution in [2.75, 3.05) is 53.6 Å². The molecule has 2 heterocycles. The number of carbonyl (C=O) groups excluding carboxylic acids is 1. The van der Waals surface area contributed by atoms with Crippen LogP contribution in [-0.4, -0.2) is 69.3 Å². The molecule has 1 spiro atoms. The number of benzene rings is 1. The lowest BCUT2D eigenvalue weighted by molar-refractivity contribution is 0.0716. The molecule has 1 aromatic rings. The van der Waals surface area contributed by atoms with Crippen molar-refractivity contribution < 1.29 is 14.3 Å². The molecule has 0 N–H and O–H groups in total. The average Bonchev–Trinajstić information content (AvgIpc) is 3.27. The van der Waals surface area contributed by atoms with Crippen molar-refractivity contribution in [1.29, 1.82) is 0 Å². The molecule has 2 atom stereocenters. The molecule has 142 valence electrons. The van der Waals surface area contributed by atoms with Crippen LogP contribution in [0.25, 0.3) is 0 Å². The minimum atomic E-state index is 0.140. The van der Waals surface area contributed by atoms with E-state index < -0.39 is 0 Å². The van der Waals surface area contributed by atoms with Crippen molar-refractivity contribution >= 4 is 5.91 Å². The second-order valence-corrected chi connectivity index (χ2v) is 8.36. The zero-order valence-corrected chi connectivity index (χ0v) is 15.9. The molecule has 2 aliphatic heterocycles. The summed E-state index contributed by atoms with van der Waals surface area (Å²) in [4.78, 5) is 17.6. The zero-order valence-electron chi connectivity index (χ0n) is 15.9. The molecule has 5 nitrogen and oxygen atoms in total. The Bertz CT molecular complexity index is 643. The molecule has 4 rings (SSSR count). The normalized spacial score (nSPS) is 28.8. The highest BCUT2D eigenvalue weighted by Crippen LogP contribution is 2.45. The van der Waals surface area contributed by atoms with E-state index in [0.29, 0.717) is 5.92 Å². The van der Waals surface area contributed by atoms with Gasteiger partial charge >= 0.3 is 0 Å². The van der Waals surface area contributed by atoms with Crippen molar-refractivity contribution in [3.8, 4) is 5.75 Å². The summed E-state index contributed by atoms with van der Waals surface area (Å²) in [6.07, 6.45) is 3.87. The van der Waals surface area contributed by atoms with Gasteiger partial charge in [-0.15, -0.1) is 0 Å². The third kappa shape index (κ3) is 3.47. The number of rotatable bonds is 6. The predicted octanol–water partition coefficient (Wildman–Crippen LogP) is 2.52. The zero-order chi connectivity index (χ0) is 18.1. The lowest BCUT2D eigenvalue weighted by Crippen LogP contribution is -2.38. The molecule has 1 aromatic carbocycles. The molecule has 0 radical (unpaired) electrons. The first-order chi connectivity index (χ1) is 12.6. The predicted molar refractivity (Wildman–Crippen MR) is 100 cm³/mol. The smallest absolute Gasteiger partial charge is 0.253 e. The molecule has 1 saturated carbocycles. The van der Waals surface area contributed by atoms with Crippen molar-refractivity contribution in [2.24, 2.45) is 17.3 Å². The number of hydrogen-bond donors (Lipinski definition) is 0. The third-order valence-electron chi connectivity index (χ3n) is 6.47.